The lowest BCUT2D eigenvalue weighted by molar-refractivity contribution is -0.139. The number of aromatic nitrogens is 4. The van der Waals surface area contributed by atoms with Crippen LogP contribution in [0.4, 0.5) is 0 Å². The van der Waals surface area contributed by atoms with E-state index in [1.807, 2.05) is 123 Å². The van der Waals surface area contributed by atoms with E-state index in [1.54, 1.807) is 33.9 Å². The van der Waals surface area contributed by atoms with E-state index >= 15 is 0 Å². The SMILES string of the molecule is CCC(=O)[C@@H]1C[C@]23COCCCCCNCc4cc(C(C)C)cc5c(C(C)=O)cn(c45)CC(=O)N1[C@@H]2C3.CCC(=O)[C@@H]1C[C@]23COCCCCCNCc4cc(C)cc5c(C(C)=O)cn(c45)CC(=O)N1[C@@H]2C3.CCC(=O)[C@@H]1C[C@]23COCCCCCNCc4cc(CCC(C)C)cc5c(C(C)=O)cn(c45)CC(=O)N1[C@@H]2C3.CCC(=O)[C@@H]1C[C@]23COCCCCCNCc4cc(OC(C)C)cc5c(C(C)=O)cn(c45)CC(=O)N1[C@@H]2C3. The van der Waals surface area contributed by atoms with E-state index in [2.05, 4.69) is 79.3 Å². The van der Waals surface area contributed by atoms with Crippen LogP contribution in [0.5, 0.6) is 5.75 Å². The van der Waals surface area contributed by atoms with Gasteiger partial charge in [0.2, 0.25) is 23.6 Å². The number of nitrogens with one attached hydrogen (secondary N) is 4. The Labute approximate surface area is 879 Å². The van der Waals surface area contributed by atoms with Crippen molar-refractivity contribution in [2.45, 2.75) is 384 Å². The molecule has 149 heavy (non-hydrogen) atoms. The van der Waals surface area contributed by atoms with Crippen molar-refractivity contribution < 1.29 is 81.2 Å². The van der Waals surface area contributed by atoms with Crippen LogP contribution in [-0.4, -0.2) is 241 Å². The third-order valence-electron chi connectivity index (χ3n) is 34.3. The van der Waals surface area contributed by atoms with Crippen molar-refractivity contribution in [3.8, 4) is 5.75 Å². The molecule has 4 amide bonds. The maximum Gasteiger partial charge on any atom is 0.243 e. The summed E-state index contributed by atoms with van der Waals surface area (Å²) in [6.45, 7) is 40.7. The van der Waals surface area contributed by atoms with Gasteiger partial charge in [-0.05, 0) is 291 Å². The highest BCUT2D eigenvalue weighted by molar-refractivity contribution is 6.12. The molecule has 0 spiro atoms. The molecule has 20 rings (SSSR count). The number of ether oxygens (including phenoxy) is 5. The Balaban J connectivity index is 0.000000135. The van der Waals surface area contributed by atoms with Gasteiger partial charge in [0.25, 0.3) is 0 Å². The van der Waals surface area contributed by atoms with Gasteiger partial charge in [0.15, 0.2) is 46.3 Å². The molecule has 806 valence electrons. The van der Waals surface area contributed by atoms with Crippen LogP contribution in [0.3, 0.4) is 0 Å². The standard InChI is InChI=1S/C32H45N3O4.C30H41N3O5.C30H41N3O4.C28H37N3O4/c1-5-28(37)27-15-32-16-29(32)35(27)30(38)19-34-18-26(22(4)36)25-14-23(10-9-21(2)3)13-24(31(25)34)17-33-11-7-6-8-12-39-20-32;1-5-26(35)25-13-30-14-27(30)33(25)28(36)17-32-16-24(20(4)34)23-12-22(38-19(2)3)11-21(29(23)32)15-31-9-7-6-8-10-37-18-30;1-5-26(35)25-13-30-14-27(30)33(25)28(36)17-32-16-24(20(4)34)23-12-21(19(2)3)11-22(29(23)32)15-31-9-7-6-8-10-37-18-30;1-4-24(33)23-12-28-13-25(28)31(23)26(34)16-30-15-22(19(3)32)21-11-18(2)10-20(27(21)30)14-29-8-6-5-7-9-35-17-28/h13-14,18,21,27,29,33H,5-12,15-17,19-20H2,1-4H3;11-12,16,19,25,27,31H,5-10,13-15,17-18H2,1-4H3;11-12,16,19,25,27,31H,5-10,13-15,17-18H2,1-4H3;10-11,15,23,25,29H,4-9,12-14,16-17H2,1-3H3/t27-,29+,32-;2*25-,27+,30-;23-,25+,28-/m0000/s1. The molecule has 8 aromatic rings. The van der Waals surface area contributed by atoms with Gasteiger partial charge < -0.3 is 82.8 Å². The van der Waals surface area contributed by atoms with Crippen LogP contribution in [0.2, 0.25) is 0 Å². The van der Waals surface area contributed by atoms with Crippen LogP contribution in [0.1, 0.15) is 344 Å². The Hall–Kier alpha value is -10.2. The van der Waals surface area contributed by atoms with Gasteiger partial charge >= 0.3 is 0 Å². The van der Waals surface area contributed by atoms with E-state index < -0.39 is 6.04 Å². The van der Waals surface area contributed by atoms with Crippen molar-refractivity contribution >= 4 is 114 Å². The van der Waals surface area contributed by atoms with Crippen molar-refractivity contribution in [1.82, 2.24) is 59.1 Å². The lowest BCUT2D eigenvalue weighted by Gasteiger charge is -2.27. The second kappa shape index (κ2) is 47.2. The Morgan fingerprint density at radius 1 is 0.362 bits per heavy atom. The zero-order chi connectivity index (χ0) is 106. The average Bonchev–Trinajstić information content (AvgIpc) is 1.54. The van der Waals surface area contributed by atoms with Gasteiger partial charge in [-0.2, -0.15) is 0 Å². The molecule has 4 aromatic carbocycles. The summed E-state index contributed by atoms with van der Waals surface area (Å²) < 4.78 is 38.1. The smallest absolute Gasteiger partial charge is 0.243 e. The highest BCUT2D eigenvalue weighted by Gasteiger charge is 2.70. The lowest BCUT2D eigenvalue weighted by atomic mass is 9.96. The summed E-state index contributed by atoms with van der Waals surface area (Å²) in [7, 11) is 0. The van der Waals surface area contributed by atoms with E-state index in [9.17, 15) is 57.5 Å². The summed E-state index contributed by atoms with van der Waals surface area (Å²) in [6.07, 6.45) is 30.2. The first-order valence-electron chi connectivity index (χ1n) is 56.4. The van der Waals surface area contributed by atoms with Crippen molar-refractivity contribution in [3.05, 3.63) is 135 Å². The number of rotatable bonds is 18. The fourth-order valence-electron chi connectivity index (χ4n) is 26.0. The fraction of sp³-hybridized carbons (Fsp3) is 0.633. The molecule has 4 saturated heterocycles. The molecule has 4 N–H and O–H groups in total. The quantitative estimate of drug-likeness (QED) is 0.0580. The molecule has 0 radical (unpaired) electrons. The van der Waals surface area contributed by atoms with E-state index in [4.69, 9.17) is 23.7 Å². The normalized spacial score (nSPS) is 26.7. The number of piperidine rings is 4. The second-order valence-electron chi connectivity index (χ2n) is 46.5. The summed E-state index contributed by atoms with van der Waals surface area (Å²) >= 11 is 0. The van der Waals surface area contributed by atoms with Crippen LogP contribution in [0, 0.1) is 34.5 Å². The second-order valence-corrected chi connectivity index (χ2v) is 46.5. The Morgan fingerprint density at radius 3 is 0.960 bits per heavy atom. The summed E-state index contributed by atoms with van der Waals surface area (Å²) in [5.41, 5.74) is 13.8. The molecule has 8 fully saturated rings. The lowest BCUT2D eigenvalue weighted by Crippen LogP contribution is -2.44. The number of benzene rings is 4. The molecule has 12 atom stereocenters. The van der Waals surface area contributed by atoms with Gasteiger partial charge in [-0.3, -0.25) is 57.5 Å². The number of hydrogen-bond acceptors (Lipinski definition) is 21. The van der Waals surface area contributed by atoms with E-state index in [1.165, 1.54) is 11.1 Å². The Kier molecular flexibility index (Phi) is 34.8. The maximum atomic E-state index is 14.0. The summed E-state index contributed by atoms with van der Waals surface area (Å²) in [4.78, 5) is 165. The molecule has 29 nitrogen and oxygen atoms in total. The van der Waals surface area contributed by atoms with Crippen molar-refractivity contribution in [3.63, 3.8) is 0 Å². The van der Waals surface area contributed by atoms with Crippen molar-refractivity contribution in [1.29, 1.82) is 0 Å². The number of hydrogen-bond donors (Lipinski definition) is 4. The number of aryl methyl sites for hydroxylation is 2. The predicted octanol–water partition coefficient (Wildman–Crippen LogP) is 17.7. The number of Topliss-reactive ketones (excluding diaryl/α,β-unsaturated/α-hetero) is 8. The van der Waals surface area contributed by atoms with E-state index in [0.717, 1.165) is 239 Å². The minimum Gasteiger partial charge on any atom is -0.491 e. The first-order chi connectivity index (χ1) is 71.6. The van der Waals surface area contributed by atoms with E-state index in [-0.39, 0.29) is 166 Å². The fourth-order valence-corrected chi connectivity index (χ4v) is 26.0. The van der Waals surface area contributed by atoms with Crippen LogP contribution < -0.4 is 26.0 Å². The molecule has 8 bridgehead atoms. The van der Waals surface area contributed by atoms with Crippen molar-refractivity contribution in [2.75, 3.05) is 79.0 Å². The maximum absolute atomic E-state index is 14.0. The molecule has 12 heterocycles. The zero-order valence-corrected chi connectivity index (χ0v) is 91.3. The molecule has 29 heteroatoms. The predicted molar refractivity (Wildman–Crippen MR) is 577 cm³/mol. The number of amides is 4. The zero-order valence-electron chi connectivity index (χ0n) is 91.3. The first-order valence-corrected chi connectivity index (χ1v) is 56.4. The molecule has 4 aliphatic carbocycles. The number of carbonyl (C=O) groups excluding carboxylic acids is 12. The number of carbonyl (C=O) groups is 12. The molecule has 4 saturated carbocycles. The highest BCUT2D eigenvalue weighted by Crippen LogP contribution is 2.64. The largest absolute Gasteiger partial charge is 0.491 e. The third-order valence-corrected chi connectivity index (χ3v) is 34.3. The van der Waals surface area contributed by atoms with Crippen molar-refractivity contribution in [2.24, 2.45) is 27.6 Å². The van der Waals surface area contributed by atoms with Crippen LogP contribution in [0.25, 0.3) is 43.6 Å². The highest BCUT2D eigenvalue weighted by atomic mass is 16.5. The third kappa shape index (κ3) is 23.8. The number of ketones is 8. The molecular formula is C120H164N12O17. The molecular weight excluding hydrogens is 1880 g/mol. The Morgan fingerprint density at radius 2 is 0.658 bits per heavy atom. The van der Waals surface area contributed by atoms with Gasteiger partial charge in [-0.15, -0.1) is 0 Å². The van der Waals surface area contributed by atoms with E-state index in [0.29, 0.717) is 145 Å². The number of nitrogens with zero attached hydrogens (tertiary/aromatic N) is 8. The van der Waals surface area contributed by atoms with Gasteiger partial charge in [0, 0.05) is 193 Å². The topological polar surface area (TPSA) is 332 Å². The summed E-state index contributed by atoms with van der Waals surface area (Å²) in [5.74, 6) is 1.88. The Bertz CT molecular complexity index is 6370. The molecule has 12 aliphatic rings. The minimum atomic E-state index is -0.394. The first kappa shape index (κ1) is 110. The summed E-state index contributed by atoms with van der Waals surface area (Å²) in [6, 6.07) is 15.6. The van der Waals surface area contributed by atoms with Gasteiger partial charge in [-0.1, -0.05) is 79.2 Å². The summed E-state index contributed by atoms with van der Waals surface area (Å²) in [5, 5.41) is 17.8. The average molecular weight is 2050 g/mol. The van der Waals surface area contributed by atoms with Gasteiger partial charge in [0.05, 0.1) is 78.8 Å². The minimum absolute atomic E-state index is 0.00303. The van der Waals surface area contributed by atoms with Gasteiger partial charge in [0.1, 0.15) is 31.9 Å². The van der Waals surface area contributed by atoms with Gasteiger partial charge in [-0.25, -0.2) is 0 Å². The molecule has 4 aromatic heterocycles. The monoisotopic (exact) mass is 2050 g/mol. The molecule has 0 unspecified atom stereocenters. The van der Waals surface area contributed by atoms with Crippen LogP contribution >= 0.6 is 0 Å². The molecule has 8 aliphatic heterocycles. The van der Waals surface area contributed by atoms with Crippen LogP contribution in [-0.2, 0) is 116 Å². The van der Waals surface area contributed by atoms with Crippen LogP contribution in [0.15, 0.2) is 73.3 Å².